The smallest absolute Gasteiger partial charge is 0.335 e. The largest absolute Gasteiger partial charge is 0.478 e. The van der Waals surface area contributed by atoms with Crippen molar-refractivity contribution in [2.45, 2.75) is 19.4 Å². The van der Waals surface area contributed by atoms with E-state index in [1.54, 1.807) is 12.1 Å². The summed E-state index contributed by atoms with van der Waals surface area (Å²) in [6.45, 7) is 1.49. The number of carbonyl (C=O) groups is 1. The molecule has 0 saturated heterocycles. The first-order chi connectivity index (χ1) is 9.24. The van der Waals surface area contributed by atoms with E-state index >= 15 is 0 Å². The SMILES string of the molecule is O=C(O)c1ccc2c(c1)CCCN2Cc1ncon1. The van der Waals surface area contributed by atoms with Gasteiger partial charge >= 0.3 is 5.97 Å². The van der Waals surface area contributed by atoms with E-state index in [0.717, 1.165) is 30.6 Å². The first-order valence-corrected chi connectivity index (χ1v) is 6.10. The van der Waals surface area contributed by atoms with Crippen LogP contribution in [0.25, 0.3) is 0 Å². The second-order valence-corrected chi connectivity index (χ2v) is 4.52. The number of carboxylic acid groups (broad SMARTS) is 1. The fourth-order valence-electron chi connectivity index (χ4n) is 2.41. The monoisotopic (exact) mass is 259 g/mol. The third-order valence-corrected chi connectivity index (χ3v) is 3.28. The molecule has 0 radical (unpaired) electrons. The Labute approximate surface area is 109 Å². The van der Waals surface area contributed by atoms with Gasteiger partial charge in [0.15, 0.2) is 5.82 Å². The van der Waals surface area contributed by atoms with E-state index in [-0.39, 0.29) is 0 Å². The van der Waals surface area contributed by atoms with E-state index < -0.39 is 5.97 Å². The van der Waals surface area contributed by atoms with Crippen molar-refractivity contribution in [1.82, 2.24) is 10.1 Å². The van der Waals surface area contributed by atoms with Gasteiger partial charge in [-0.15, -0.1) is 0 Å². The molecule has 0 saturated carbocycles. The van der Waals surface area contributed by atoms with Gasteiger partial charge in [-0.05, 0) is 36.6 Å². The van der Waals surface area contributed by atoms with Crippen LogP contribution in [0.2, 0.25) is 0 Å². The molecule has 1 aliphatic rings. The second kappa shape index (κ2) is 4.72. The summed E-state index contributed by atoms with van der Waals surface area (Å²) in [6, 6.07) is 5.24. The number of carboxylic acids is 1. The van der Waals surface area contributed by atoms with Crippen LogP contribution in [0.5, 0.6) is 0 Å². The van der Waals surface area contributed by atoms with Gasteiger partial charge in [0.1, 0.15) is 0 Å². The van der Waals surface area contributed by atoms with Gasteiger partial charge in [0.05, 0.1) is 12.1 Å². The third kappa shape index (κ3) is 2.29. The van der Waals surface area contributed by atoms with Gasteiger partial charge in [-0.3, -0.25) is 0 Å². The molecule has 0 amide bonds. The van der Waals surface area contributed by atoms with Gasteiger partial charge in [0.2, 0.25) is 6.39 Å². The lowest BCUT2D eigenvalue weighted by atomic mass is 9.99. The lowest BCUT2D eigenvalue weighted by Gasteiger charge is -2.30. The fraction of sp³-hybridized carbons (Fsp3) is 0.308. The Bertz CT molecular complexity index is 595. The quantitative estimate of drug-likeness (QED) is 0.904. The summed E-state index contributed by atoms with van der Waals surface area (Å²) in [4.78, 5) is 17.1. The van der Waals surface area contributed by atoms with Crippen LogP contribution >= 0.6 is 0 Å². The van der Waals surface area contributed by atoms with Crippen molar-refractivity contribution in [1.29, 1.82) is 0 Å². The molecule has 3 rings (SSSR count). The normalized spacial score (nSPS) is 14.2. The second-order valence-electron chi connectivity index (χ2n) is 4.52. The number of aromatic nitrogens is 2. The Hall–Kier alpha value is -2.37. The zero-order valence-electron chi connectivity index (χ0n) is 10.2. The van der Waals surface area contributed by atoms with E-state index in [4.69, 9.17) is 9.63 Å². The third-order valence-electron chi connectivity index (χ3n) is 3.28. The highest BCUT2D eigenvalue weighted by molar-refractivity contribution is 5.88. The Kier molecular flexibility index (Phi) is 2.91. The lowest BCUT2D eigenvalue weighted by molar-refractivity contribution is 0.0697. The summed E-state index contributed by atoms with van der Waals surface area (Å²) in [6.07, 6.45) is 3.21. The summed E-state index contributed by atoms with van der Waals surface area (Å²) in [5.41, 5.74) is 2.45. The Morgan fingerprint density at radius 1 is 1.47 bits per heavy atom. The average Bonchev–Trinajstić information content (AvgIpc) is 2.91. The molecule has 1 aromatic carbocycles. The molecule has 0 unspecified atom stereocenters. The number of hydrogen-bond donors (Lipinski definition) is 1. The minimum Gasteiger partial charge on any atom is -0.478 e. The number of aryl methyl sites for hydroxylation is 1. The zero-order chi connectivity index (χ0) is 13.2. The molecule has 0 fully saturated rings. The molecule has 98 valence electrons. The first-order valence-electron chi connectivity index (χ1n) is 6.10. The van der Waals surface area contributed by atoms with Crippen LogP contribution in [0, 0.1) is 0 Å². The number of aromatic carboxylic acids is 1. The molecule has 19 heavy (non-hydrogen) atoms. The molecular weight excluding hydrogens is 246 g/mol. The maximum Gasteiger partial charge on any atom is 0.335 e. The molecule has 6 nitrogen and oxygen atoms in total. The van der Waals surface area contributed by atoms with Gasteiger partial charge in [-0.2, -0.15) is 4.98 Å². The van der Waals surface area contributed by atoms with Crippen molar-refractivity contribution < 1.29 is 14.4 Å². The topological polar surface area (TPSA) is 79.5 Å². The minimum atomic E-state index is -0.891. The highest BCUT2D eigenvalue weighted by atomic mass is 16.5. The molecule has 0 aliphatic carbocycles. The molecule has 0 spiro atoms. The Morgan fingerprint density at radius 2 is 2.37 bits per heavy atom. The summed E-state index contributed by atoms with van der Waals surface area (Å²) < 4.78 is 4.73. The van der Waals surface area contributed by atoms with Crippen molar-refractivity contribution in [2.75, 3.05) is 11.4 Å². The number of anilines is 1. The van der Waals surface area contributed by atoms with Gasteiger partial charge in [-0.25, -0.2) is 4.79 Å². The van der Waals surface area contributed by atoms with Crippen molar-refractivity contribution >= 4 is 11.7 Å². The highest BCUT2D eigenvalue weighted by Gasteiger charge is 2.19. The molecule has 0 atom stereocenters. The predicted molar refractivity (Wildman–Crippen MR) is 67.1 cm³/mol. The molecule has 1 N–H and O–H groups in total. The Morgan fingerprint density at radius 3 is 3.11 bits per heavy atom. The fourth-order valence-corrected chi connectivity index (χ4v) is 2.41. The van der Waals surface area contributed by atoms with Gasteiger partial charge in [0, 0.05) is 12.2 Å². The summed E-state index contributed by atoms with van der Waals surface area (Å²) >= 11 is 0. The lowest BCUT2D eigenvalue weighted by Crippen LogP contribution is -2.29. The van der Waals surface area contributed by atoms with Gasteiger partial charge < -0.3 is 14.5 Å². The van der Waals surface area contributed by atoms with E-state index in [1.165, 1.54) is 6.39 Å². The van der Waals surface area contributed by atoms with Crippen LogP contribution in [-0.4, -0.2) is 27.8 Å². The zero-order valence-corrected chi connectivity index (χ0v) is 10.2. The van der Waals surface area contributed by atoms with Crippen molar-refractivity contribution in [3.63, 3.8) is 0 Å². The molecular formula is C13H13N3O3. The summed E-state index contributed by atoms with van der Waals surface area (Å²) in [5.74, 6) is -0.256. The van der Waals surface area contributed by atoms with E-state index in [1.807, 2.05) is 6.07 Å². The predicted octanol–water partition coefficient (Wildman–Crippen LogP) is 1.72. The minimum absolute atomic E-state index is 0.333. The molecule has 6 heteroatoms. The number of benzene rings is 1. The van der Waals surface area contributed by atoms with Crippen LogP contribution in [0.15, 0.2) is 29.1 Å². The standard InChI is InChI=1S/C13H13N3O3/c17-13(18)10-3-4-11-9(6-10)2-1-5-16(11)7-12-14-8-19-15-12/h3-4,6,8H,1-2,5,7H2,(H,17,18). The first kappa shape index (κ1) is 11.7. The van der Waals surface area contributed by atoms with E-state index in [2.05, 4.69) is 15.0 Å². The van der Waals surface area contributed by atoms with Crippen molar-refractivity contribution in [3.8, 4) is 0 Å². The molecule has 2 heterocycles. The number of rotatable bonds is 3. The van der Waals surface area contributed by atoms with Crippen LogP contribution in [0.4, 0.5) is 5.69 Å². The maximum absolute atomic E-state index is 11.0. The maximum atomic E-state index is 11.0. The number of nitrogens with zero attached hydrogens (tertiary/aromatic N) is 3. The number of hydrogen-bond acceptors (Lipinski definition) is 5. The molecule has 2 aromatic rings. The Balaban J connectivity index is 1.89. The summed E-state index contributed by atoms with van der Waals surface area (Å²) in [7, 11) is 0. The van der Waals surface area contributed by atoms with Crippen LogP contribution in [0.3, 0.4) is 0 Å². The average molecular weight is 259 g/mol. The van der Waals surface area contributed by atoms with E-state index in [0.29, 0.717) is 17.9 Å². The van der Waals surface area contributed by atoms with Crippen molar-refractivity contribution in [2.24, 2.45) is 0 Å². The highest BCUT2D eigenvalue weighted by Crippen LogP contribution is 2.28. The van der Waals surface area contributed by atoms with Crippen LogP contribution in [-0.2, 0) is 13.0 Å². The molecule has 0 bridgehead atoms. The van der Waals surface area contributed by atoms with Crippen LogP contribution in [0.1, 0.15) is 28.2 Å². The van der Waals surface area contributed by atoms with Crippen molar-refractivity contribution in [3.05, 3.63) is 41.5 Å². The van der Waals surface area contributed by atoms with Gasteiger partial charge in [-0.1, -0.05) is 5.16 Å². The molecule has 1 aliphatic heterocycles. The summed E-state index contributed by atoms with van der Waals surface area (Å²) in [5, 5.41) is 12.8. The van der Waals surface area contributed by atoms with Crippen LogP contribution < -0.4 is 4.90 Å². The molecule has 1 aromatic heterocycles. The van der Waals surface area contributed by atoms with Gasteiger partial charge in [0.25, 0.3) is 0 Å². The number of fused-ring (bicyclic) bond motifs is 1. The van der Waals surface area contributed by atoms with E-state index in [9.17, 15) is 4.79 Å².